The minimum absolute atomic E-state index is 0.208. The lowest BCUT2D eigenvalue weighted by atomic mass is 9.98. The number of nitrogens with one attached hydrogen (secondary N) is 1. The van der Waals surface area contributed by atoms with Gasteiger partial charge in [0.2, 0.25) is 0 Å². The maximum absolute atomic E-state index is 9.32. The molecule has 1 aromatic carbocycles. The lowest BCUT2D eigenvalue weighted by Gasteiger charge is -2.35. The molecule has 1 aliphatic rings. The van der Waals surface area contributed by atoms with Crippen LogP contribution in [-0.4, -0.2) is 67.8 Å². The Morgan fingerprint density at radius 3 is 2.39 bits per heavy atom. The molecule has 1 atom stereocenters. The Hall–Kier alpha value is -0.940. The minimum atomic E-state index is 0.208. The predicted octanol–water partition coefficient (Wildman–Crippen LogP) is 1.76. The molecule has 0 aliphatic carbocycles. The van der Waals surface area contributed by atoms with Gasteiger partial charge in [-0.3, -0.25) is 9.80 Å². The zero-order valence-electron chi connectivity index (χ0n) is 15.0. The number of benzene rings is 1. The lowest BCUT2D eigenvalue weighted by Crippen LogP contribution is -2.47. The van der Waals surface area contributed by atoms with E-state index in [9.17, 15) is 5.11 Å². The molecule has 2 N–H and O–H groups in total. The number of aliphatic hydroxyl groups excluding tert-OH is 1. The van der Waals surface area contributed by atoms with Crippen LogP contribution >= 0.6 is 0 Å². The summed E-state index contributed by atoms with van der Waals surface area (Å²) >= 11 is 0. The molecule has 0 saturated carbocycles. The van der Waals surface area contributed by atoms with E-state index in [0.717, 1.165) is 39.1 Å². The first kappa shape index (κ1) is 18.4. The normalized spacial score (nSPS) is 17.8. The summed E-state index contributed by atoms with van der Waals surface area (Å²) in [5, 5.41) is 12.7. The third kappa shape index (κ3) is 5.88. The van der Waals surface area contributed by atoms with Crippen LogP contribution < -0.4 is 5.32 Å². The molecule has 4 heteroatoms. The van der Waals surface area contributed by atoms with Gasteiger partial charge < -0.3 is 10.4 Å². The summed E-state index contributed by atoms with van der Waals surface area (Å²) in [5.41, 5.74) is 2.77. The fraction of sp³-hybridized carbons (Fsp3) is 0.684. The van der Waals surface area contributed by atoms with Gasteiger partial charge in [-0.25, -0.2) is 0 Å². The standard InChI is InChI=1S/C19H33N3O/c1-16(2)14-17-4-6-18(7-5-17)19(21(3)12-13-23)15-22-10-8-20-9-11-22/h4-7,16,19-20,23H,8-15H2,1-3H3. The first-order valence-electron chi connectivity index (χ1n) is 8.93. The molecule has 130 valence electrons. The van der Waals surface area contributed by atoms with Crippen molar-refractivity contribution in [1.82, 2.24) is 15.1 Å². The third-order valence-corrected chi connectivity index (χ3v) is 4.63. The monoisotopic (exact) mass is 319 g/mol. The van der Waals surface area contributed by atoms with Crippen molar-refractivity contribution in [2.24, 2.45) is 5.92 Å². The van der Waals surface area contributed by atoms with E-state index in [4.69, 9.17) is 0 Å². The summed E-state index contributed by atoms with van der Waals surface area (Å²) in [6.07, 6.45) is 1.13. The smallest absolute Gasteiger partial charge is 0.0558 e. The van der Waals surface area contributed by atoms with E-state index in [1.54, 1.807) is 0 Å². The van der Waals surface area contributed by atoms with E-state index < -0.39 is 0 Å². The van der Waals surface area contributed by atoms with Crippen molar-refractivity contribution >= 4 is 0 Å². The Morgan fingerprint density at radius 2 is 1.83 bits per heavy atom. The highest BCUT2D eigenvalue weighted by Crippen LogP contribution is 2.22. The number of rotatable bonds is 8. The quantitative estimate of drug-likeness (QED) is 0.766. The van der Waals surface area contributed by atoms with Crippen molar-refractivity contribution < 1.29 is 5.11 Å². The molecule has 0 amide bonds. The molecule has 1 heterocycles. The average molecular weight is 319 g/mol. The number of hydrogen-bond donors (Lipinski definition) is 2. The van der Waals surface area contributed by atoms with Gasteiger partial charge in [-0.1, -0.05) is 38.1 Å². The van der Waals surface area contributed by atoms with E-state index in [1.807, 2.05) is 0 Å². The molecule has 0 bridgehead atoms. The van der Waals surface area contributed by atoms with Crippen LogP contribution in [0.3, 0.4) is 0 Å². The molecule has 23 heavy (non-hydrogen) atoms. The van der Waals surface area contributed by atoms with E-state index in [2.05, 4.69) is 60.3 Å². The van der Waals surface area contributed by atoms with Gasteiger partial charge in [0.05, 0.1) is 6.61 Å². The van der Waals surface area contributed by atoms with Gasteiger partial charge in [-0.15, -0.1) is 0 Å². The molecule has 0 spiro atoms. The highest BCUT2D eigenvalue weighted by molar-refractivity contribution is 5.26. The summed E-state index contributed by atoms with van der Waals surface area (Å²) < 4.78 is 0. The fourth-order valence-corrected chi connectivity index (χ4v) is 3.30. The molecule has 1 aromatic rings. The van der Waals surface area contributed by atoms with Crippen molar-refractivity contribution in [3.8, 4) is 0 Å². The van der Waals surface area contributed by atoms with Crippen molar-refractivity contribution in [1.29, 1.82) is 0 Å². The molecule has 1 unspecified atom stereocenters. The van der Waals surface area contributed by atoms with E-state index in [0.29, 0.717) is 18.5 Å². The molecular weight excluding hydrogens is 286 g/mol. The van der Waals surface area contributed by atoms with Gasteiger partial charge >= 0.3 is 0 Å². The van der Waals surface area contributed by atoms with Crippen LogP contribution in [0.1, 0.15) is 31.0 Å². The number of likely N-dealkylation sites (N-methyl/N-ethyl adjacent to an activating group) is 1. The Kier molecular flexibility index (Phi) is 7.50. The summed E-state index contributed by atoms with van der Waals surface area (Å²) in [4.78, 5) is 4.80. The van der Waals surface area contributed by atoms with Crippen LogP contribution in [0.2, 0.25) is 0 Å². The second-order valence-corrected chi connectivity index (χ2v) is 7.11. The Balaban J connectivity index is 2.08. The van der Waals surface area contributed by atoms with Gasteiger partial charge in [-0.05, 0) is 30.5 Å². The zero-order valence-corrected chi connectivity index (χ0v) is 15.0. The Morgan fingerprint density at radius 1 is 1.17 bits per heavy atom. The van der Waals surface area contributed by atoms with Crippen molar-refractivity contribution in [3.05, 3.63) is 35.4 Å². The topological polar surface area (TPSA) is 38.7 Å². The predicted molar refractivity (Wildman–Crippen MR) is 96.8 cm³/mol. The van der Waals surface area contributed by atoms with Crippen LogP contribution in [-0.2, 0) is 6.42 Å². The van der Waals surface area contributed by atoms with Crippen LogP contribution in [0.4, 0.5) is 0 Å². The van der Waals surface area contributed by atoms with Crippen LogP contribution in [0, 0.1) is 5.92 Å². The third-order valence-electron chi connectivity index (χ3n) is 4.63. The van der Waals surface area contributed by atoms with Crippen molar-refractivity contribution in [2.75, 3.05) is 52.9 Å². The zero-order chi connectivity index (χ0) is 16.7. The van der Waals surface area contributed by atoms with Gasteiger partial charge in [-0.2, -0.15) is 0 Å². The SMILES string of the molecule is CC(C)Cc1ccc(C(CN2CCNCC2)N(C)CCO)cc1. The number of aliphatic hydroxyl groups is 1. The summed E-state index contributed by atoms with van der Waals surface area (Å²) in [5.74, 6) is 0.689. The van der Waals surface area contributed by atoms with Gasteiger partial charge in [0.1, 0.15) is 0 Å². The Labute approximate surface area is 141 Å². The number of piperazine rings is 1. The largest absolute Gasteiger partial charge is 0.395 e. The van der Waals surface area contributed by atoms with Crippen LogP contribution in [0.15, 0.2) is 24.3 Å². The van der Waals surface area contributed by atoms with Gasteiger partial charge in [0.15, 0.2) is 0 Å². The minimum Gasteiger partial charge on any atom is -0.395 e. The summed E-state index contributed by atoms with van der Waals surface area (Å²) in [7, 11) is 2.12. The molecular formula is C19H33N3O. The maximum atomic E-state index is 9.32. The number of hydrogen-bond acceptors (Lipinski definition) is 4. The Bertz CT molecular complexity index is 440. The van der Waals surface area contributed by atoms with E-state index in [1.165, 1.54) is 11.1 Å². The molecule has 0 aromatic heterocycles. The molecule has 1 fully saturated rings. The second-order valence-electron chi connectivity index (χ2n) is 7.11. The van der Waals surface area contributed by atoms with Crippen molar-refractivity contribution in [2.45, 2.75) is 26.3 Å². The highest BCUT2D eigenvalue weighted by Gasteiger charge is 2.21. The first-order valence-corrected chi connectivity index (χ1v) is 8.93. The van der Waals surface area contributed by atoms with E-state index >= 15 is 0 Å². The van der Waals surface area contributed by atoms with Crippen molar-refractivity contribution in [3.63, 3.8) is 0 Å². The summed E-state index contributed by atoms with van der Waals surface area (Å²) in [6.45, 7) is 10.8. The molecule has 1 saturated heterocycles. The second kappa shape index (κ2) is 9.38. The van der Waals surface area contributed by atoms with Gasteiger partial charge in [0.25, 0.3) is 0 Å². The molecule has 0 radical (unpaired) electrons. The summed E-state index contributed by atoms with van der Waals surface area (Å²) in [6, 6.07) is 9.43. The number of nitrogens with zero attached hydrogens (tertiary/aromatic N) is 2. The average Bonchev–Trinajstić information content (AvgIpc) is 2.54. The maximum Gasteiger partial charge on any atom is 0.0558 e. The fourth-order valence-electron chi connectivity index (χ4n) is 3.30. The molecule has 1 aliphatic heterocycles. The molecule has 2 rings (SSSR count). The molecule has 4 nitrogen and oxygen atoms in total. The lowest BCUT2D eigenvalue weighted by molar-refractivity contribution is 0.130. The van der Waals surface area contributed by atoms with Crippen LogP contribution in [0.5, 0.6) is 0 Å². The van der Waals surface area contributed by atoms with Crippen LogP contribution in [0.25, 0.3) is 0 Å². The first-order chi connectivity index (χ1) is 11.1. The van der Waals surface area contributed by atoms with E-state index in [-0.39, 0.29) is 6.61 Å². The highest BCUT2D eigenvalue weighted by atomic mass is 16.3. The van der Waals surface area contributed by atoms with Gasteiger partial charge in [0, 0.05) is 45.3 Å².